The summed E-state index contributed by atoms with van der Waals surface area (Å²) in [4.78, 5) is 20.8. The molecule has 0 saturated carbocycles. The number of carbonyl (C=O) groups excluding carboxylic acids is 1. The van der Waals surface area contributed by atoms with Gasteiger partial charge in [-0.15, -0.1) is 0 Å². The standard InChI is InChI=1S/C15H18N4O4S/c1-24(21,22)19-7-8-23-11(10-19)9-18-15(20)12-3-2-4-13-14(12)17-6-5-16-13/h2-6,11H,7-10H2,1H3,(H,18,20)/t11-/m0/s1. The van der Waals surface area contributed by atoms with E-state index in [0.29, 0.717) is 29.7 Å². The van der Waals surface area contributed by atoms with Crippen molar-refractivity contribution >= 4 is 27.0 Å². The van der Waals surface area contributed by atoms with Crippen LogP contribution in [0.4, 0.5) is 0 Å². The van der Waals surface area contributed by atoms with Crippen LogP contribution in [-0.4, -0.2) is 67.2 Å². The fourth-order valence-electron chi connectivity index (χ4n) is 2.59. The van der Waals surface area contributed by atoms with Crippen LogP contribution in [0.25, 0.3) is 11.0 Å². The van der Waals surface area contributed by atoms with Crippen molar-refractivity contribution in [2.75, 3.05) is 32.5 Å². The third kappa shape index (κ3) is 3.69. The molecule has 1 aromatic heterocycles. The maximum absolute atomic E-state index is 12.4. The van der Waals surface area contributed by atoms with Crippen LogP contribution in [0.5, 0.6) is 0 Å². The molecule has 1 saturated heterocycles. The van der Waals surface area contributed by atoms with Gasteiger partial charge in [0, 0.05) is 32.0 Å². The van der Waals surface area contributed by atoms with E-state index < -0.39 is 10.0 Å². The summed E-state index contributed by atoms with van der Waals surface area (Å²) in [7, 11) is -3.26. The second-order valence-electron chi connectivity index (χ2n) is 5.55. The van der Waals surface area contributed by atoms with Crippen molar-refractivity contribution in [3.05, 3.63) is 36.2 Å². The summed E-state index contributed by atoms with van der Waals surface area (Å²) in [5.41, 5.74) is 1.60. The molecule has 24 heavy (non-hydrogen) atoms. The molecule has 0 unspecified atom stereocenters. The number of para-hydroxylation sites is 1. The predicted octanol–water partition coefficient (Wildman–Crippen LogP) is 0.0200. The smallest absolute Gasteiger partial charge is 0.253 e. The van der Waals surface area contributed by atoms with E-state index in [4.69, 9.17) is 4.74 Å². The number of ether oxygens (including phenoxy) is 1. The fourth-order valence-corrected chi connectivity index (χ4v) is 3.44. The van der Waals surface area contributed by atoms with Crippen LogP contribution < -0.4 is 5.32 Å². The normalized spacial score (nSPS) is 19.3. The van der Waals surface area contributed by atoms with Gasteiger partial charge in [-0.2, -0.15) is 4.31 Å². The number of sulfonamides is 1. The van der Waals surface area contributed by atoms with Crippen molar-refractivity contribution in [1.82, 2.24) is 19.6 Å². The summed E-state index contributed by atoms with van der Waals surface area (Å²) in [6.07, 6.45) is 3.90. The van der Waals surface area contributed by atoms with Crippen molar-refractivity contribution < 1.29 is 17.9 Å². The third-order valence-electron chi connectivity index (χ3n) is 3.80. The molecule has 1 amide bonds. The van der Waals surface area contributed by atoms with Gasteiger partial charge in [-0.1, -0.05) is 6.07 Å². The highest BCUT2D eigenvalue weighted by molar-refractivity contribution is 7.88. The van der Waals surface area contributed by atoms with Gasteiger partial charge < -0.3 is 10.1 Å². The first kappa shape index (κ1) is 16.7. The van der Waals surface area contributed by atoms with Crippen LogP contribution in [0.3, 0.4) is 0 Å². The lowest BCUT2D eigenvalue weighted by molar-refractivity contribution is 0.000446. The lowest BCUT2D eigenvalue weighted by atomic mass is 10.1. The number of nitrogens with zero attached hydrogens (tertiary/aromatic N) is 3. The molecule has 2 heterocycles. The van der Waals surface area contributed by atoms with Gasteiger partial charge in [0.25, 0.3) is 5.91 Å². The second-order valence-corrected chi connectivity index (χ2v) is 7.54. The maximum atomic E-state index is 12.4. The minimum Gasteiger partial charge on any atom is -0.374 e. The van der Waals surface area contributed by atoms with Crippen LogP contribution in [0.2, 0.25) is 0 Å². The highest BCUT2D eigenvalue weighted by atomic mass is 32.2. The predicted molar refractivity (Wildman–Crippen MR) is 88.0 cm³/mol. The van der Waals surface area contributed by atoms with Crippen LogP contribution in [0, 0.1) is 0 Å². The summed E-state index contributed by atoms with van der Waals surface area (Å²) in [6.45, 7) is 1.10. The number of hydrogen-bond donors (Lipinski definition) is 1. The number of nitrogens with one attached hydrogen (secondary N) is 1. The number of hydrogen-bond acceptors (Lipinski definition) is 6. The van der Waals surface area contributed by atoms with Crippen molar-refractivity contribution in [1.29, 1.82) is 0 Å². The summed E-state index contributed by atoms with van der Waals surface area (Å²) in [5, 5.41) is 2.78. The topological polar surface area (TPSA) is 101 Å². The molecule has 128 valence electrons. The first-order chi connectivity index (χ1) is 11.4. The minimum atomic E-state index is -3.26. The summed E-state index contributed by atoms with van der Waals surface area (Å²) >= 11 is 0. The first-order valence-electron chi connectivity index (χ1n) is 7.50. The molecule has 8 nitrogen and oxygen atoms in total. The van der Waals surface area contributed by atoms with Crippen LogP contribution in [0.15, 0.2) is 30.6 Å². The molecule has 1 N–H and O–H groups in total. The molecule has 0 aliphatic carbocycles. The van der Waals surface area contributed by atoms with Crippen molar-refractivity contribution in [2.45, 2.75) is 6.10 Å². The van der Waals surface area contributed by atoms with Crippen LogP contribution in [-0.2, 0) is 14.8 Å². The average molecular weight is 350 g/mol. The van der Waals surface area contributed by atoms with E-state index in [0.717, 1.165) is 0 Å². The van der Waals surface area contributed by atoms with Gasteiger partial charge in [-0.25, -0.2) is 8.42 Å². The largest absolute Gasteiger partial charge is 0.374 e. The van der Waals surface area contributed by atoms with E-state index in [2.05, 4.69) is 15.3 Å². The van der Waals surface area contributed by atoms with E-state index in [1.807, 2.05) is 0 Å². The zero-order chi connectivity index (χ0) is 17.2. The molecule has 0 radical (unpaired) electrons. The molecule has 1 aliphatic rings. The number of morpholine rings is 1. The highest BCUT2D eigenvalue weighted by Gasteiger charge is 2.26. The summed E-state index contributed by atoms with van der Waals surface area (Å²) < 4.78 is 30.1. The number of aromatic nitrogens is 2. The second kappa shape index (κ2) is 6.80. The van der Waals surface area contributed by atoms with Gasteiger partial charge >= 0.3 is 0 Å². The maximum Gasteiger partial charge on any atom is 0.253 e. The molecule has 1 aliphatic heterocycles. The number of amides is 1. The number of fused-ring (bicyclic) bond motifs is 1. The van der Waals surface area contributed by atoms with Gasteiger partial charge in [0.15, 0.2) is 0 Å². The average Bonchev–Trinajstić information content (AvgIpc) is 2.58. The van der Waals surface area contributed by atoms with Gasteiger partial charge in [-0.3, -0.25) is 14.8 Å². The molecule has 2 aromatic rings. The molecule has 3 rings (SSSR count). The van der Waals surface area contributed by atoms with Crippen molar-refractivity contribution in [2.24, 2.45) is 0 Å². The molecular formula is C15H18N4O4S. The van der Waals surface area contributed by atoms with E-state index in [1.54, 1.807) is 24.4 Å². The molecule has 0 bridgehead atoms. The zero-order valence-electron chi connectivity index (χ0n) is 13.2. The Labute approximate surface area is 139 Å². The Bertz CT molecular complexity index is 850. The lowest BCUT2D eigenvalue weighted by Crippen LogP contribution is -2.49. The Morgan fingerprint density at radius 3 is 2.96 bits per heavy atom. The van der Waals surface area contributed by atoms with E-state index in [1.165, 1.54) is 16.8 Å². The zero-order valence-corrected chi connectivity index (χ0v) is 14.0. The Morgan fingerprint density at radius 1 is 1.38 bits per heavy atom. The van der Waals surface area contributed by atoms with Gasteiger partial charge in [0.1, 0.15) is 5.52 Å². The number of carbonyl (C=O) groups is 1. The van der Waals surface area contributed by atoms with Crippen LogP contribution >= 0.6 is 0 Å². The number of benzene rings is 1. The molecule has 1 aromatic carbocycles. The monoisotopic (exact) mass is 350 g/mol. The molecule has 1 atom stereocenters. The van der Waals surface area contributed by atoms with Crippen LogP contribution in [0.1, 0.15) is 10.4 Å². The summed E-state index contributed by atoms with van der Waals surface area (Å²) in [6, 6.07) is 5.21. The minimum absolute atomic E-state index is 0.224. The van der Waals surface area contributed by atoms with Gasteiger partial charge in [-0.05, 0) is 12.1 Å². The first-order valence-corrected chi connectivity index (χ1v) is 9.34. The van der Waals surface area contributed by atoms with Crippen molar-refractivity contribution in [3.8, 4) is 0 Å². The lowest BCUT2D eigenvalue weighted by Gasteiger charge is -2.31. The van der Waals surface area contributed by atoms with Crippen molar-refractivity contribution in [3.63, 3.8) is 0 Å². The molecular weight excluding hydrogens is 332 g/mol. The van der Waals surface area contributed by atoms with E-state index in [9.17, 15) is 13.2 Å². The molecule has 9 heteroatoms. The Hall–Kier alpha value is -2.10. The Kier molecular flexibility index (Phi) is 4.74. The summed E-state index contributed by atoms with van der Waals surface area (Å²) in [5.74, 6) is -0.291. The SMILES string of the molecule is CS(=O)(=O)N1CCO[C@@H](CNC(=O)c2cccc3nccnc23)C1. The Morgan fingerprint density at radius 2 is 2.17 bits per heavy atom. The Balaban J connectivity index is 1.67. The molecule has 1 fully saturated rings. The quantitative estimate of drug-likeness (QED) is 0.834. The van der Waals surface area contributed by atoms with E-state index >= 15 is 0 Å². The van der Waals surface area contributed by atoms with E-state index in [-0.39, 0.29) is 25.1 Å². The highest BCUT2D eigenvalue weighted by Crippen LogP contribution is 2.14. The fraction of sp³-hybridized carbons (Fsp3) is 0.400. The molecule has 0 spiro atoms. The van der Waals surface area contributed by atoms with Gasteiger partial charge in [0.05, 0.1) is 30.0 Å². The van der Waals surface area contributed by atoms with Gasteiger partial charge in [0.2, 0.25) is 10.0 Å². The third-order valence-corrected chi connectivity index (χ3v) is 5.07. The number of rotatable bonds is 4.